The number of nitrogens with two attached hydrogens (primary N) is 1. The predicted molar refractivity (Wildman–Crippen MR) is 59.0 cm³/mol. The van der Waals surface area contributed by atoms with Crippen LogP contribution in [-0.2, 0) is 0 Å². The van der Waals surface area contributed by atoms with Crippen molar-refractivity contribution in [1.82, 2.24) is 5.43 Å². The molecule has 0 bridgehead atoms. The first-order valence-corrected chi connectivity index (χ1v) is 4.92. The third kappa shape index (κ3) is 1.72. The van der Waals surface area contributed by atoms with Gasteiger partial charge in [0.05, 0.1) is 6.61 Å². The minimum absolute atomic E-state index is 0.171. The number of furan rings is 1. The Bertz CT molecular complexity index is 519. The molecule has 0 saturated carbocycles. The molecule has 2 aromatic rings. The third-order valence-corrected chi connectivity index (χ3v) is 2.16. The fourth-order valence-corrected chi connectivity index (χ4v) is 1.49. The molecule has 84 valence electrons. The summed E-state index contributed by atoms with van der Waals surface area (Å²) >= 11 is 0. The highest BCUT2D eigenvalue weighted by Crippen LogP contribution is 2.28. The van der Waals surface area contributed by atoms with Gasteiger partial charge < -0.3 is 9.15 Å². The van der Waals surface area contributed by atoms with Crippen molar-refractivity contribution in [2.24, 2.45) is 5.84 Å². The molecule has 3 N–H and O–H groups in total. The number of fused-ring (bicyclic) bond motifs is 1. The van der Waals surface area contributed by atoms with E-state index in [-0.39, 0.29) is 5.76 Å². The number of nitrogen functional groups attached to an aromatic ring is 1. The zero-order valence-corrected chi connectivity index (χ0v) is 8.82. The molecule has 0 radical (unpaired) electrons. The summed E-state index contributed by atoms with van der Waals surface area (Å²) in [6.45, 7) is 2.42. The molecule has 0 unspecified atom stereocenters. The van der Waals surface area contributed by atoms with E-state index in [1.54, 1.807) is 12.1 Å². The predicted octanol–water partition coefficient (Wildman–Crippen LogP) is 1.43. The largest absolute Gasteiger partial charge is 0.490 e. The van der Waals surface area contributed by atoms with Crippen molar-refractivity contribution in [3.63, 3.8) is 0 Å². The Labute approximate surface area is 92.1 Å². The van der Waals surface area contributed by atoms with Crippen molar-refractivity contribution in [1.29, 1.82) is 0 Å². The lowest BCUT2D eigenvalue weighted by atomic mass is 10.2. The van der Waals surface area contributed by atoms with Gasteiger partial charge in [0, 0.05) is 5.39 Å². The number of para-hydroxylation sites is 1. The zero-order valence-electron chi connectivity index (χ0n) is 8.82. The maximum atomic E-state index is 11.3. The molecule has 0 aliphatic heterocycles. The molecule has 1 aromatic heterocycles. The molecule has 1 amide bonds. The van der Waals surface area contributed by atoms with Gasteiger partial charge in [-0.1, -0.05) is 12.1 Å². The second-order valence-electron chi connectivity index (χ2n) is 3.19. The van der Waals surface area contributed by atoms with E-state index >= 15 is 0 Å². The van der Waals surface area contributed by atoms with E-state index in [4.69, 9.17) is 15.0 Å². The van der Waals surface area contributed by atoms with Crippen LogP contribution in [0.3, 0.4) is 0 Å². The van der Waals surface area contributed by atoms with E-state index in [0.717, 1.165) is 5.39 Å². The molecule has 0 spiro atoms. The summed E-state index contributed by atoms with van der Waals surface area (Å²) in [6.07, 6.45) is 0. The number of carbonyl (C=O) groups is 1. The Morgan fingerprint density at radius 2 is 2.38 bits per heavy atom. The first kappa shape index (κ1) is 10.5. The molecule has 16 heavy (non-hydrogen) atoms. The highest BCUT2D eigenvalue weighted by Gasteiger charge is 2.13. The van der Waals surface area contributed by atoms with Crippen molar-refractivity contribution in [2.45, 2.75) is 6.92 Å². The van der Waals surface area contributed by atoms with Crippen LogP contribution in [0.15, 0.2) is 28.7 Å². The van der Waals surface area contributed by atoms with E-state index < -0.39 is 5.91 Å². The van der Waals surface area contributed by atoms with Crippen LogP contribution >= 0.6 is 0 Å². The number of hydrogen-bond acceptors (Lipinski definition) is 4. The number of amides is 1. The lowest BCUT2D eigenvalue weighted by molar-refractivity contribution is 0.0928. The number of carbonyl (C=O) groups excluding carboxylic acids is 1. The van der Waals surface area contributed by atoms with Crippen LogP contribution in [0.2, 0.25) is 0 Å². The highest BCUT2D eigenvalue weighted by atomic mass is 16.5. The van der Waals surface area contributed by atoms with Crippen LogP contribution < -0.4 is 16.0 Å². The van der Waals surface area contributed by atoms with Gasteiger partial charge in [-0.05, 0) is 19.1 Å². The van der Waals surface area contributed by atoms with Crippen LogP contribution in [-0.4, -0.2) is 12.5 Å². The van der Waals surface area contributed by atoms with Gasteiger partial charge in [0.15, 0.2) is 17.1 Å². The molecular weight excluding hydrogens is 208 g/mol. The molecular formula is C11H12N2O3. The van der Waals surface area contributed by atoms with Crippen LogP contribution in [0, 0.1) is 0 Å². The van der Waals surface area contributed by atoms with Crippen LogP contribution in [0.25, 0.3) is 11.0 Å². The number of nitrogens with one attached hydrogen (secondary N) is 1. The molecule has 5 nitrogen and oxygen atoms in total. The molecule has 0 atom stereocenters. The Morgan fingerprint density at radius 1 is 1.56 bits per heavy atom. The first-order chi connectivity index (χ1) is 7.76. The van der Waals surface area contributed by atoms with Gasteiger partial charge >= 0.3 is 5.91 Å². The molecule has 2 rings (SSSR count). The minimum atomic E-state index is -0.460. The smallest absolute Gasteiger partial charge is 0.300 e. The van der Waals surface area contributed by atoms with Gasteiger partial charge in [0.25, 0.3) is 0 Å². The van der Waals surface area contributed by atoms with Gasteiger partial charge in [0.1, 0.15) is 0 Å². The normalized spacial score (nSPS) is 10.4. The Balaban J connectivity index is 2.52. The number of ether oxygens (including phenoxy) is 1. The maximum absolute atomic E-state index is 11.3. The van der Waals surface area contributed by atoms with Gasteiger partial charge in [-0.3, -0.25) is 10.2 Å². The van der Waals surface area contributed by atoms with E-state index in [9.17, 15) is 4.79 Å². The summed E-state index contributed by atoms with van der Waals surface area (Å²) < 4.78 is 10.8. The highest BCUT2D eigenvalue weighted by molar-refractivity contribution is 5.96. The Kier molecular flexibility index (Phi) is 2.78. The van der Waals surface area contributed by atoms with Gasteiger partial charge in [-0.2, -0.15) is 0 Å². The Hall–Kier alpha value is -2.01. The summed E-state index contributed by atoms with van der Waals surface area (Å²) in [5.41, 5.74) is 2.58. The lowest BCUT2D eigenvalue weighted by Crippen LogP contribution is -2.29. The average Bonchev–Trinajstić information content (AvgIpc) is 2.73. The summed E-state index contributed by atoms with van der Waals surface area (Å²) in [5, 5.41) is 0.810. The third-order valence-electron chi connectivity index (χ3n) is 2.16. The van der Waals surface area contributed by atoms with Crippen molar-refractivity contribution in [2.75, 3.05) is 6.61 Å². The van der Waals surface area contributed by atoms with Crippen molar-refractivity contribution < 1.29 is 13.9 Å². The molecule has 0 aliphatic rings. The summed E-state index contributed by atoms with van der Waals surface area (Å²) in [7, 11) is 0. The molecule has 0 aliphatic carbocycles. The van der Waals surface area contributed by atoms with E-state index in [0.29, 0.717) is 17.9 Å². The lowest BCUT2D eigenvalue weighted by Gasteiger charge is -2.02. The number of hydrogen-bond donors (Lipinski definition) is 2. The van der Waals surface area contributed by atoms with Gasteiger partial charge in [-0.25, -0.2) is 5.84 Å². The van der Waals surface area contributed by atoms with E-state index in [2.05, 4.69) is 0 Å². The maximum Gasteiger partial charge on any atom is 0.300 e. The fourth-order valence-electron chi connectivity index (χ4n) is 1.49. The van der Waals surface area contributed by atoms with Crippen molar-refractivity contribution in [3.8, 4) is 5.75 Å². The number of rotatable bonds is 3. The van der Waals surface area contributed by atoms with E-state index in [1.807, 2.05) is 24.5 Å². The van der Waals surface area contributed by atoms with Gasteiger partial charge in [-0.15, -0.1) is 0 Å². The molecule has 1 heterocycles. The number of benzene rings is 1. The summed E-state index contributed by atoms with van der Waals surface area (Å²) in [5.74, 6) is 5.36. The molecule has 5 heteroatoms. The Morgan fingerprint density at radius 3 is 3.06 bits per heavy atom. The quantitative estimate of drug-likeness (QED) is 0.466. The second-order valence-corrected chi connectivity index (χ2v) is 3.19. The molecule has 0 saturated heterocycles. The van der Waals surface area contributed by atoms with E-state index in [1.165, 1.54) is 0 Å². The van der Waals surface area contributed by atoms with Gasteiger partial charge in [0.2, 0.25) is 0 Å². The minimum Gasteiger partial charge on any atom is -0.490 e. The number of hydrazine groups is 1. The first-order valence-electron chi connectivity index (χ1n) is 4.92. The molecule has 0 fully saturated rings. The molecule has 1 aromatic carbocycles. The second kappa shape index (κ2) is 4.24. The fraction of sp³-hybridized carbons (Fsp3) is 0.182. The monoisotopic (exact) mass is 220 g/mol. The summed E-state index contributed by atoms with van der Waals surface area (Å²) in [4.78, 5) is 11.3. The average molecular weight is 220 g/mol. The summed E-state index contributed by atoms with van der Waals surface area (Å²) in [6, 6.07) is 7.10. The van der Waals surface area contributed by atoms with Crippen molar-refractivity contribution >= 4 is 16.9 Å². The SMILES string of the molecule is CCOc1cccc2cc(C(=O)NN)oc12. The standard InChI is InChI=1S/C11H12N2O3/c1-2-15-8-5-3-4-7-6-9(11(14)13-12)16-10(7)8/h3-6H,2,12H2,1H3,(H,13,14). The topological polar surface area (TPSA) is 77.5 Å². The van der Waals surface area contributed by atoms with Crippen LogP contribution in [0.1, 0.15) is 17.5 Å². The van der Waals surface area contributed by atoms with Crippen LogP contribution in [0.5, 0.6) is 5.75 Å². The van der Waals surface area contributed by atoms with Crippen molar-refractivity contribution in [3.05, 3.63) is 30.0 Å². The zero-order chi connectivity index (χ0) is 11.5. The van der Waals surface area contributed by atoms with Crippen LogP contribution in [0.4, 0.5) is 0 Å².